The summed E-state index contributed by atoms with van der Waals surface area (Å²) in [5.74, 6) is 2.27. The van der Waals surface area contributed by atoms with E-state index in [-0.39, 0.29) is 12.1 Å². The number of H-pyrrole nitrogens is 1. The van der Waals surface area contributed by atoms with E-state index in [1.165, 1.54) is 0 Å². The number of hydrogen-bond donors (Lipinski definition) is 1. The summed E-state index contributed by atoms with van der Waals surface area (Å²) in [7, 11) is 0. The second-order valence-corrected chi connectivity index (χ2v) is 3.07. The minimum absolute atomic E-state index is 0.0149. The van der Waals surface area contributed by atoms with Crippen LogP contribution in [0.2, 0.25) is 0 Å². The van der Waals surface area contributed by atoms with Crippen molar-refractivity contribution < 1.29 is 0 Å². The number of terminal acetylenes is 1. The first-order valence-corrected chi connectivity index (χ1v) is 4.39. The highest BCUT2D eigenvalue weighted by molar-refractivity contribution is 5.76. The number of nitrogens with one attached hydrogen (secondary N) is 1. The molecular formula is C11H8N2O2. The summed E-state index contributed by atoms with van der Waals surface area (Å²) in [4.78, 5) is 25.8. The van der Waals surface area contributed by atoms with Crippen molar-refractivity contribution in [3.05, 3.63) is 45.1 Å². The summed E-state index contributed by atoms with van der Waals surface area (Å²) in [5.41, 5.74) is -0.301. The van der Waals surface area contributed by atoms with Crippen LogP contribution in [0.3, 0.4) is 0 Å². The van der Waals surface area contributed by atoms with Crippen molar-refractivity contribution in [2.45, 2.75) is 6.54 Å². The molecule has 1 aromatic heterocycles. The average molecular weight is 200 g/mol. The monoisotopic (exact) mass is 200 g/mol. The van der Waals surface area contributed by atoms with Crippen LogP contribution in [-0.4, -0.2) is 9.55 Å². The van der Waals surface area contributed by atoms with Crippen LogP contribution in [0.15, 0.2) is 33.9 Å². The molecule has 0 spiro atoms. The lowest BCUT2D eigenvalue weighted by atomic mass is 10.2. The third kappa shape index (κ3) is 1.44. The highest BCUT2D eigenvalue weighted by atomic mass is 16.2. The van der Waals surface area contributed by atoms with Crippen molar-refractivity contribution >= 4 is 10.9 Å². The summed E-state index contributed by atoms with van der Waals surface area (Å²) < 4.78 is 1.00. The van der Waals surface area contributed by atoms with Gasteiger partial charge in [-0.15, -0.1) is 6.42 Å². The number of aromatic nitrogens is 2. The van der Waals surface area contributed by atoms with E-state index in [9.17, 15) is 9.59 Å². The van der Waals surface area contributed by atoms with Gasteiger partial charge in [0, 0.05) is 0 Å². The maximum Gasteiger partial charge on any atom is 0.329 e. The molecular weight excluding hydrogens is 192 g/mol. The Bertz CT molecular complexity index is 659. The summed E-state index contributed by atoms with van der Waals surface area (Å²) in [6.07, 6.45) is 5.08. The molecule has 0 fully saturated rings. The molecule has 0 bridgehead atoms. The molecule has 2 aromatic rings. The Labute approximate surface area is 85.2 Å². The third-order valence-corrected chi connectivity index (χ3v) is 2.14. The number of para-hydroxylation sites is 1. The van der Waals surface area contributed by atoms with Crippen molar-refractivity contribution in [1.29, 1.82) is 0 Å². The predicted octanol–water partition coefficient (Wildman–Crippen LogP) is 0.323. The first-order valence-electron chi connectivity index (χ1n) is 4.39. The summed E-state index contributed by atoms with van der Waals surface area (Å²) >= 11 is 0. The van der Waals surface area contributed by atoms with Crippen molar-refractivity contribution in [3.63, 3.8) is 0 Å². The molecule has 2 rings (SSSR count). The van der Waals surface area contributed by atoms with Crippen molar-refractivity contribution in [1.82, 2.24) is 9.55 Å². The number of nitrogens with zero attached hydrogens (tertiary/aromatic N) is 1. The Morgan fingerprint density at radius 2 is 2.07 bits per heavy atom. The molecule has 1 aromatic carbocycles. The van der Waals surface area contributed by atoms with E-state index in [0.29, 0.717) is 10.9 Å². The van der Waals surface area contributed by atoms with E-state index in [1.807, 2.05) is 0 Å². The highest BCUT2D eigenvalue weighted by Gasteiger charge is 2.04. The van der Waals surface area contributed by atoms with Crippen LogP contribution in [-0.2, 0) is 6.54 Å². The normalized spacial score (nSPS) is 10.1. The van der Waals surface area contributed by atoms with Gasteiger partial charge in [0.2, 0.25) is 0 Å². The molecule has 0 aliphatic rings. The lowest BCUT2D eigenvalue weighted by Gasteiger charge is -2.01. The van der Waals surface area contributed by atoms with Crippen LogP contribution in [0.4, 0.5) is 0 Å². The zero-order valence-electron chi connectivity index (χ0n) is 7.86. The molecule has 0 saturated carbocycles. The van der Waals surface area contributed by atoms with Gasteiger partial charge >= 0.3 is 5.69 Å². The molecule has 0 aliphatic heterocycles. The van der Waals surface area contributed by atoms with Crippen LogP contribution in [0.1, 0.15) is 0 Å². The smallest absolute Gasteiger partial charge is 0.307 e. The van der Waals surface area contributed by atoms with Crippen LogP contribution in [0, 0.1) is 12.3 Å². The standard InChI is InChI=1S/C11H8N2O2/c1-2-7-13-10(14)8-5-3-4-6-9(8)12-11(13)15/h1,3-6H,7H2,(H,12,15). The van der Waals surface area contributed by atoms with E-state index in [0.717, 1.165) is 4.57 Å². The molecule has 0 radical (unpaired) electrons. The average Bonchev–Trinajstić information content (AvgIpc) is 2.24. The summed E-state index contributed by atoms with van der Waals surface area (Å²) in [6, 6.07) is 6.82. The Balaban J connectivity index is 2.92. The van der Waals surface area contributed by atoms with Gasteiger partial charge in [-0.25, -0.2) is 9.36 Å². The first-order chi connectivity index (χ1) is 7.24. The predicted molar refractivity (Wildman–Crippen MR) is 57.7 cm³/mol. The molecule has 74 valence electrons. The molecule has 0 unspecified atom stereocenters. The molecule has 0 saturated heterocycles. The molecule has 15 heavy (non-hydrogen) atoms. The van der Waals surface area contributed by atoms with E-state index < -0.39 is 5.69 Å². The Morgan fingerprint density at radius 1 is 1.33 bits per heavy atom. The summed E-state index contributed by atoms with van der Waals surface area (Å²) in [5, 5.41) is 0.465. The molecule has 4 heteroatoms. The fourth-order valence-electron chi connectivity index (χ4n) is 1.43. The van der Waals surface area contributed by atoms with Gasteiger partial charge in [-0.2, -0.15) is 0 Å². The Kier molecular flexibility index (Phi) is 2.14. The maximum atomic E-state index is 11.8. The lowest BCUT2D eigenvalue weighted by Crippen LogP contribution is -2.34. The van der Waals surface area contributed by atoms with Crippen LogP contribution in [0.25, 0.3) is 10.9 Å². The first kappa shape index (κ1) is 9.28. The Morgan fingerprint density at radius 3 is 2.80 bits per heavy atom. The quantitative estimate of drug-likeness (QED) is 0.674. The van der Waals surface area contributed by atoms with Gasteiger partial charge in [0.05, 0.1) is 17.4 Å². The SMILES string of the molecule is C#CCn1c(=O)[nH]c2ccccc2c1=O. The minimum atomic E-state index is -0.475. The molecule has 1 N–H and O–H groups in total. The number of aromatic amines is 1. The third-order valence-electron chi connectivity index (χ3n) is 2.14. The van der Waals surface area contributed by atoms with Crippen LogP contribution in [0.5, 0.6) is 0 Å². The van der Waals surface area contributed by atoms with Gasteiger partial charge < -0.3 is 4.98 Å². The molecule has 0 amide bonds. The minimum Gasteiger partial charge on any atom is -0.307 e. The number of fused-ring (bicyclic) bond motifs is 1. The van der Waals surface area contributed by atoms with E-state index in [2.05, 4.69) is 10.9 Å². The van der Waals surface area contributed by atoms with Gasteiger partial charge in [0.1, 0.15) is 0 Å². The topological polar surface area (TPSA) is 54.9 Å². The zero-order valence-corrected chi connectivity index (χ0v) is 7.86. The Hall–Kier alpha value is -2.28. The lowest BCUT2D eigenvalue weighted by molar-refractivity contribution is 0.741. The highest BCUT2D eigenvalue weighted by Crippen LogP contribution is 2.02. The van der Waals surface area contributed by atoms with E-state index in [1.54, 1.807) is 24.3 Å². The van der Waals surface area contributed by atoms with Crippen molar-refractivity contribution in [3.8, 4) is 12.3 Å². The van der Waals surface area contributed by atoms with Crippen molar-refractivity contribution in [2.75, 3.05) is 0 Å². The molecule has 4 nitrogen and oxygen atoms in total. The second-order valence-electron chi connectivity index (χ2n) is 3.07. The van der Waals surface area contributed by atoms with Gasteiger partial charge in [0.25, 0.3) is 5.56 Å². The van der Waals surface area contributed by atoms with Gasteiger partial charge in [-0.05, 0) is 12.1 Å². The van der Waals surface area contributed by atoms with Crippen molar-refractivity contribution in [2.24, 2.45) is 0 Å². The van der Waals surface area contributed by atoms with E-state index >= 15 is 0 Å². The van der Waals surface area contributed by atoms with Crippen LogP contribution >= 0.6 is 0 Å². The van der Waals surface area contributed by atoms with Gasteiger partial charge in [-0.1, -0.05) is 18.1 Å². The van der Waals surface area contributed by atoms with Crippen LogP contribution < -0.4 is 11.2 Å². The number of hydrogen-bond acceptors (Lipinski definition) is 2. The molecule has 0 atom stereocenters. The number of rotatable bonds is 1. The fraction of sp³-hybridized carbons (Fsp3) is 0.0909. The molecule has 1 heterocycles. The van der Waals surface area contributed by atoms with E-state index in [4.69, 9.17) is 6.42 Å². The van der Waals surface area contributed by atoms with Gasteiger partial charge in [-0.3, -0.25) is 4.79 Å². The second kappa shape index (κ2) is 3.46. The summed E-state index contributed by atoms with van der Waals surface area (Å²) in [6.45, 7) is -0.0149. The largest absolute Gasteiger partial charge is 0.329 e. The maximum absolute atomic E-state index is 11.8. The fourth-order valence-corrected chi connectivity index (χ4v) is 1.43. The van der Waals surface area contributed by atoms with Gasteiger partial charge in [0.15, 0.2) is 0 Å². The molecule has 0 aliphatic carbocycles. The number of benzene rings is 1. The zero-order chi connectivity index (χ0) is 10.8.